The van der Waals surface area contributed by atoms with Gasteiger partial charge in [-0.3, -0.25) is 24.1 Å². The first-order valence-electron chi connectivity index (χ1n) is 14.3. The fraction of sp³-hybridized carbons (Fsp3) is 0.294. The van der Waals surface area contributed by atoms with Crippen LogP contribution in [0.25, 0.3) is 0 Å². The number of imide groups is 2. The molecule has 1 saturated carbocycles. The number of carbonyl (C=O) groups excluding carboxylic acids is 4. The van der Waals surface area contributed by atoms with Gasteiger partial charge in [0.25, 0.3) is 0 Å². The summed E-state index contributed by atoms with van der Waals surface area (Å²) in [5.41, 5.74) is 1.03. The minimum atomic E-state index is -1.24. The molecule has 2 aliphatic heterocycles. The molecule has 2 aliphatic carbocycles. The molecule has 2 saturated heterocycles. The summed E-state index contributed by atoms with van der Waals surface area (Å²) in [6.07, 6.45) is 2.55. The van der Waals surface area contributed by atoms with E-state index in [0.29, 0.717) is 29.1 Å². The predicted octanol–water partition coefficient (Wildman–Crippen LogP) is 5.44. The molecule has 3 aromatic rings. The molecule has 3 fully saturated rings. The van der Waals surface area contributed by atoms with E-state index in [1.54, 1.807) is 55.5 Å². The molecule has 4 amide bonds. The maximum atomic E-state index is 14.4. The van der Waals surface area contributed by atoms with Gasteiger partial charge in [-0.05, 0) is 103 Å². The van der Waals surface area contributed by atoms with E-state index in [4.69, 9.17) is 4.74 Å². The number of nitrogens with zero attached hydrogens (tertiary/aromatic N) is 2. The van der Waals surface area contributed by atoms with Crippen molar-refractivity contribution in [1.82, 2.24) is 0 Å². The van der Waals surface area contributed by atoms with E-state index < -0.39 is 35.0 Å². The van der Waals surface area contributed by atoms with Crippen molar-refractivity contribution >= 4 is 57.6 Å². The van der Waals surface area contributed by atoms with Gasteiger partial charge >= 0.3 is 0 Å². The number of aromatic hydroxyl groups is 1. The Morgan fingerprint density at radius 3 is 2.26 bits per heavy atom. The van der Waals surface area contributed by atoms with Crippen LogP contribution >= 0.6 is 22.6 Å². The zero-order valence-electron chi connectivity index (χ0n) is 23.6. The number of allylic oxidation sites excluding steroid dienone is 2. The number of benzene rings is 3. The molecule has 3 aromatic carbocycles. The van der Waals surface area contributed by atoms with Crippen molar-refractivity contribution in [2.24, 2.45) is 29.1 Å². The molecule has 8 nitrogen and oxygen atoms in total. The van der Waals surface area contributed by atoms with Crippen LogP contribution in [0.15, 0.2) is 84.4 Å². The number of halogens is 1. The Kier molecular flexibility index (Phi) is 6.50. The monoisotopic (exact) mass is 688 g/mol. The van der Waals surface area contributed by atoms with Gasteiger partial charge in [-0.15, -0.1) is 0 Å². The van der Waals surface area contributed by atoms with Crippen LogP contribution in [0.2, 0.25) is 0 Å². The summed E-state index contributed by atoms with van der Waals surface area (Å²) >= 11 is 2.18. The average Bonchev–Trinajstić information content (AvgIpc) is 3.38. The molecule has 2 heterocycles. The highest BCUT2D eigenvalue weighted by Gasteiger charge is 2.68. The van der Waals surface area contributed by atoms with Crippen LogP contribution < -0.4 is 14.5 Å². The van der Waals surface area contributed by atoms with E-state index in [-0.39, 0.29) is 35.8 Å². The number of phenolic OH excluding ortho intramolecular Hbond substituents is 1. The zero-order valence-corrected chi connectivity index (χ0v) is 25.7. The molecule has 0 bridgehead atoms. The van der Waals surface area contributed by atoms with Gasteiger partial charge in [0.05, 0.1) is 41.7 Å². The van der Waals surface area contributed by atoms with Crippen LogP contribution in [0.3, 0.4) is 0 Å². The number of para-hydroxylation sites is 1. The van der Waals surface area contributed by atoms with E-state index in [0.717, 1.165) is 9.14 Å². The normalized spacial score (nSPS) is 29.7. The molecule has 43 heavy (non-hydrogen) atoms. The molecule has 218 valence electrons. The van der Waals surface area contributed by atoms with E-state index in [9.17, 15) is 24.3 Å². The lowest BCUT2D eigenvalue weighted by Gasteiger charge is -2.49. The molecule has 1 N–H and O–H groups in total. The number of amides is 4. The SMILES string of the molecule is COc1ccc(O)c(C2C3=CCC4C(=O)N(c5ccc(I)cc5)C(=O)C4C3CC3C(=O)N(c4ccccc4)C(=O)C32C)c1. The first kappa shape index (κ1) is 27.8. The summed E-state index contributed by atoms with van der Waals surface area (Å²) in [5.74, 6) is -3.96. The van der Waals surface area contributed by atoms with Crippen LogP contribution in [0, 0.1) is 32.7 Å². The van der Waals surface area contributed by atoms with Crippen LogP contribution in [0.5, 0.6) is 11.5 Å². The molecule has 6 unspecified atom stereocenters. The van der Waals surface area contributed by atoms with Crippen molar-refractivity contribution in [1.29, 1.82) is 0 Å². The lowest BCUT2D eigenvalue weighted by molar-refractivity contribution is -0.131. The lowest BCUT2D eigenvalue weighted by atomic mass is 9.51. The average molecular weight is 689 g/mol. The molecule has 0 radical (unpaired) electrons. The molecule has 9 heteroatoms. The molecule has 7 rings (SSSR count). The Bertz CT molecular complexity index is 1720. The number of hydrogen-bond acceptors (Lipinski definition) is 6. The van der Waals surface area contributed by atoms with Gasteiger partial charge in [-0.25, -0.2) is 4.90 Å². The minimum absolute atomic E-state index is 0.0257. The maximum Gasteiger partial charge on any atom is 0.241 e. The highest BCUT2D eigenvalue weighted by atomic mass is 127. The lowest BCUT2D eigenvalue weighted by Crippen LogP contribution is -2.48. The second-order valence-electron chi connectivity index (χ2n) is 11.9. The number of anilines is 2. The molecular formula is C34H29IN2O6. The topological polar surface area (TPSA) is 104 Å². The van der Waals surface area contributed by atoms with Gasteiger partial charge in [0.1, 0.15) is 11.5 Å². The Hall–Kier alpha value is -3.99. The second-order valence-corrected chi connectivity index (χ2v) is 13.2. The summed E-state index contributed by atoms with van der Waals surface area (Å²) in [7, 11) is 1.53. The Labute approximate surface area is 262 Å². The Morgan fingerprint density at radius 2 is 1.56 bits per heavy atom. The van der Waals surface area contributed by atoms with Crippen molar-refractivity contribution < 1.29 is 29.0 Å². The smallest absolute Gasteiger partial charge is 0.241 e. The van der Waals surface area contributed by atoms with E-state index in [2.05, 4.69) is 22.6 Å². The quantitative estimate of drug-likeness (QED) is 0.223. The first-order valence-corrected chi connectivity index (χ1v) is 15.4. The Morgan fingerprint density at radius 1 is 0.860 bits per heavy atom. The number of carbonyl (C=O) groups is 4. The van der Waals surface area contributed by atoms with E-state index >= 15 is 0 Å². The summed E-state index contributed by atoms with van der Waals surface area (Å²) in [6, 6.07) is 21.0. The maximum absolute atomic E-state index is 14.4. The summed E-state index contributed by atoms with van der Waals surface area (Å²) in [4.78, 5) is 59.1. The van der Waals surface area contributed by atoms with Gasteiger partial charge in [0.2, 0.25) is 23.6 Å². The van der Waals surface area contributed by atoms with Crippen molar-refractivity contribution in [3.63, 3.8) is 0 Å². The summed E-state index contributed by atoms with van der Waals surface area (Å²) in [5, 5.41) is 11.2. The molecule has 4 aliphatic rings. The molecule has 0 aromatic heterocycles. The van der Waals surface area contributed by atoms with Crippen molar-refractivity contribution in [3.8, 4) is 11.5 Å². The van der Waals surface area contributed by atoms with Crippen LogP contribution in [-0.2, 0) is 19.2 Å². The molecule has 6 atom stereocenters. The molecule has 0 spiro atoms. The fourth-order valence-corrected chi connectivity index (χ4v) is 8.28. The van der Waals surface area contributed by atoms with Gasteiger partial charge in [0.15, 0.2) is 0 Å². The van der Waals surface area contributed by atoms with Gasteiger partial charge in [0, 0.05) is 15.1 Å². The van der Waals surface area contributed by atoms with E-state index in [1.807, 2.05) is 24.3 Å². The minimum Gasteiger partial charge on any atom is -0.508 e. The third-order valence-corrected chi connectivity index (χ3v) is 10.6. The summed E-state index contributed by atoms with van der Waals surface area (Å²) in [6.45, 7) is 1.80. The van der Waals surface area contributed by atoms with Crippen molar-refractivity contribution in [2.75, 3.05) is 16.9 Å². The summed E-state index contributed by atoms with van der Waals surface area (Å²) < 4.78 is 6.48. The number of methoxy groups -OCH3 is 1. The second kappa shape index (κ2) is 10.0. The van der Waals surface area contributed by atoms with Crippen LogP contribution in [-0.4, -0.2) is 35.8 Å². The highest BCUT2D eigenvalue weighted by molar-refractivity contribution is 14.1. The highest BCUT2D eigenvalue weighted by Crippen LogP contribution is 2.64. The number of ether oxygens (including phenoxy) is 1. The predicted molar refractivity (Wildman–Crippen MR) is 167 cm³/mol. The van der Waals surface area contributed by atoms with Gasteiger partial charge < -0.3 is 9.84 Å². The molecular weight excluding hydrogens is 659 g/mol. The van der Waals surface area contributed by atoms with Crippen molar-refractivity contribution in [2.45, 2.75) is 25.7 Å². The van der Waals surface area contributed by atoms with Gasteiger partial charge in [-0.1, -0.05) is 29.8 Å². The fourth-order valence-electron chi connectivity index (χ4n) is 7.92. The third-order valence-electron chi connectivity index (χ3n) is 9.92. The largest absolute Gasteiger partial charge is 0.508 e. The van der Waals surface area contributed by atoms with Crippen molar-refractivity contribution in [3.05, 3.63) is 93.6 Å². The first-order chi connectivity index (χ1) is 20.7. The van der Waals surface area contributed by atoms with E-state index in [1.165, 1.54) is 23.0 Å². The van der Waals surface area contributed by atoms with Gasteiger partial charge in [-0.2, -0.15) is 0 Å². The number of fused-ring (bicyclic) bond motifs is 4. The van der Waals surface area contributed by atoms with Crippen LogP contribution in [0.4, 0.5) is 11.4 Å². The number of phenols is 1. The zero-order chi connectivity index (χ0) is 30.2. The third kappa shape index (κ3) is 3.93. The Balaban J connectivity index is 1.39. The number of rotatable bonds is 4. The van der Waals surface area contributed by atoms with Crippen LogP contribution in [0.1, 0.15) is 31.2 Å². The standard InChI is InChI=1S/C34H29IN2O6/c1-34-26(31(40)37(33(34)42)19-6-4-3-5-7-19)17-24-22(29(34)25-16-21(43-2)12-15-27(25)38)13-14-23-28(24)32(41)36(30(23)39)20-10-8-18(35)9-11-20/h3-13,15-16,23-24,26,28-29,38H,14,17H2,1-2H3. The number of hydrogen-bond donors (Lipinski definition) is 1.